The van der Waals surface area contributed by atoms with Gasteiger partial charge in [-0.05, 0) is 62.2 Å². The molecule has 2 fully saturated rings. The highest BCUT2D eigenvalue weighted by Crippen LogP contribution is 2.25. The van der Waals surface area contributed by atoms with Gasteiger partial charge in [-0.25, -0.2) is 13.1 Å². The Balaban J connectivity index is 1.54. The molecule has 27 heavy (non-hydrogen) atoms. The predicted octanol–water partition coefficient (Wildman–Crippen LogP) is 3.30. The highest BCUT2D eigenvalue weighted by molar-refractivity contribution is 7.89. The Kier molecular flexibility index (Phi) is 6.83. The number of rotatable bonds is 5. The van der Waals surface area contributed by atoms with Crippen molar-refractivity contribution in [3.63, 3.8) is 0 Å². The number of anilines is 1. The summed E-state index contributed by atoms with van der Waals surface area (Å²) in [4.78, 5) is 12.3. The molecule has 0 spiro atoms. The highest BCUT2D eigenvalue weighted by Gasteiger charge is 2.24. The number of nitrogens with one attached hydrogen (secondary N) is 3. The van der Waals surface area contributed by atoms with Gasteiger partial charge in [-0.15, -0.1) is 0 Å². The van der Waals surface area contributed by atoms with E-state index in [1.165, 1.54) is 6.42 Å². The van der Waals surface area contributed by atoms with Crippen molar-refractivity contribution < 1.29 is 13.2 Å². The van der Waals surface area contributed by atoms with Crippen LogP contribution in [0.25, 0.3) is 0 Å². The fourth-order valence-electron chi connectivity index (χ4n) is 3.79. The summed E-state index contributed by atoms with van der Waals surface area (Å²) in [7, 11) is -3.52. The molecule has 3 rings (SSSR count). The minimum Gasteiger partial charge on any atom is -0.332 e. The van der Waals surface area contributed by atoms with Crippen molar-refractivity contribution in [2.24, 2.45) is 5.92 Å². The summed E-state index contributed by atoms with van der Waals surface area (Å²) >= 11 is 5.19. The Hall–Kier alpha value is -1.51. The Morgan fingerprint density at radius 3 is 2.15 bits per heavy atom. The number of carbonyl (C=O) groups excluding carboxylic acids is 1. The fraction of sp³-hybridized carbons (Fsp3) is 0.579. The molecule has 0 atom stereocenters. The molecule has 0 unspecified atom stereocenters. The van der Waals surface area contributed by atoms with E-state index in [1.807, 2.05) is 0 Å². The van der Waals surface area contributed by atoms with Crippen LogP contribution in [0.3, 0.4) is 0 Å². The third-order valence-corrected chi connectivity index (χ3v) is 7.05. The topological polar surface area (TPSA) is 87.3 Å². The Bertz CT molecular complexity index is 766. The zero-order chi connectivity index (χ0) is 19.3. The molecule has 8 heteroatoms. The van der Waals surface area contributed by atoms with Crippen LogP contribution in [0.2, 0.25) is 0 Å². The highest BCUT2D eigenvalue weighted by atomic mass is 32.2. The number of amides is 1. The molecule has 3 N–H and O–H groups in total. The van der Waals surface area contributed by atoms with E-state index in [4.69, 9.17) is 12.2 Å². The standard InChI is InChI=1S/C19H27N3O3S2/c23-18(14-6-4-5-7-14)21-19(26)20-15-10-12-17(13-11-15)27(24,25)22-16-8-2-1-3-9-16/h10-14,16,22H,1-9H2,(H2,20,21,23,26). The summed E-state index contributed by atoms with van der Waals surface area (Å²) in [6.45, 7) is 0. The van der Waals surface area contributed by atoms with Crippen LogP contribution in [0.5, 0.6) is 0 Å². The minimum absolute atomic E-state index is 0.0277. The van der Waals surface area contributed by atoms with Crippen molar-refractivity contribution in [3.05, 3.63) is 24.3 Å². The smallest absolute Gasteiger partial charge is 0.240 e. The second kappa shape index (κ2) is 9.12. The van der Waals surface area contributed by atoms with Gasteiger partial charge in [-0.3, -0.25) is 4.79 Å². The van der Waals surface area contributed by atoms with Gasteiger partial charge in [-0.1, -0.05) is 32.1 Å². The Morgan fingerprint density at radius 2 is 1.52 bits per heavy atom. The summed E-state index contributed by atoms with van der Waals surface area (Å²) in [6.07, 6.45) is 9.10. The van der Waals surface area contributed by atoms with Gasteiger partial charge in [0.1, 0.15) is 0 Å². The molecule has 0 aromatic heterocycles. The SMILES string of the molecule is O=C(NC(=S)Nc1ccc(S(=O)(=O)NC2CCCCC2)cc1)C1CCCC1. The number of carbonyl (C=O) groups is 1. The van der Waals surface area contributed by atoms with Crippen LogP contribution in [0.4, 0.5) is 5.69 Å². The molecule has 0 saturated heterocycles. The van der Waals surface area contributed by atoms with E-state index < -0.39 is 10.0 Å². The van der Waals surface area contributed by atoms with Crippen LogP contribution >= 0.6 is 12.2 Å². The molecule has 0 bridgehead atoms. The van der Waals surface area contributed by atoms with Crippen molar-refractivity contribution in [3.8, 4) is 0 Å². The van der Waals surface area contributed by atoms with Gasteiger partial charge in [0.25, 0.3) is 0 Å². The molecule has 0 heterocycles. The van der Waals surface area contributed by atoms with Gasteiger partial charge >= 0.3 is 0 Å². The lowest BCUT2D eigenvalue weighted by molar-refractivity contribution is -0.123. The van der Waals surface area contributed by atoms with E-state index >= 15 is 0 Å². The average Bonchev–Trinajstić information content (AvgIpc) is 3.17. The van der Waals surface area contributed by atoms with Crippen LogP contribution in [0, 0.1) is 5.92 Å². The summed E-state index contributed by atoms with van der Waals surface area (Å²) < 4.78 is 27.8. The quantitative estimate of drug-likeness (QED) is 0.650. The fourth-order valence-corrected chi connectivity index (χ4v) is 5.31. The summed E-state index contributed by atoms with van der Waals surface area (Å²) in [5.41, 5.74) is 0.642. The van der Waals surface area contributed by atoms with Crippen LogP contribution in [-0.4, -0.2) is 25.5 Å². The molecule has 0 radical (unpaired) electrons. The summed E-state index contributed by atoms with van der Waals surface area (Å²) in [5, 5.41) is 5.90. The lowest BCUT2D eigenvalue weighted by Crippen LogP contribution is -2.37. The largest absolute Gasteiger partial charge is 0.332 e. The second-order valence-electron chi connectivity index (χ2n) is 7.41. The molecule has 2 aliphatic carbocycles. The Morgan fingerprint density at radius 1 is 0.926 bits per heavy atom. The first-order valence-electron chi connectivity index (χ1n) is 9.68. The lowest BCUT2D eigenvalue weighted by atomic mass is 9.96. The molecule has 1 amide bonds. The maximum atomic E-state index is 12.5. The van der Waals surface area contributed by atoms with Crippen LogP contribution in [0.15, 0.2) is 29.2 Å². The van der Waals surface area contributed by atoms with Crippen molar-refractivity contribution in [2.75, 3.05) is 5.32 Å². The minimum atomic E-state index is -3.52. The van der Waals surface area contributed by atoms with Gasteiger partial charge in [0.05, 0.1) is 4.90 Å². The van der Waals surface area contributed by atoms with Crippen molar-refractivity contribution in [1.29, 1.82) is 0 Å². The second-order valence-corrected chi connectivity index (χ2v) is 9.53. The van der Waals surface area contributed by atoms with Crippen molar-refractivity contribution in [1.82, 2.24) is 10.0 Å². The molecular formula is C19H27N3O3S2. The van der Waals surface area contributed by atoms with E-state index in [0.717, 1.165) is 51.4 Å². The van der Waals surface area contributed by atoms with Crippen LogP contribution in [-0.2, 0) is 14.8 Å². The maximum Gasteiger partial charge on any atom is 0.240 e. The lowest BCUT2D eigenvalue weighted by Gasteiger charge is -2.22. The third kappa shape index (κ3) is 5.73. The van der Waals surface area contributed by atoms with E-state index in [2.05, 4.69) is 15.4 Å². The molecule has 6 nitrogen and oxygen atoms in total. The molecule has 0 aliphatic heterocycles. The average molecular weight is 410 g/mol. The molecular weight excluding hydrogens is 382 g/mol. The predicted molar refractivity (Wildman–Crippen MR) is 110 cm³/mol. The van der Waals surface area contributed by atoms with E-state index in [0.29, 0.717) is 5.69 Å². The first-order chi connectivity index (χ1) is 12.9. The zero-order valence-electron chi connectivity index (χ0n) is 15.4. The van der Waals surface area contributed by atoms with Gasteiger partial charge in [0.15, 0.2) is 5.11 Å². The molecule has 2 aliphatic rings. The van der Waals surface area contributed by atoms with Gasteiger partial charge in [0, 0.05) is 17.6 Å². The first kappa shape index (κ1) is 20.2. The van der Waals surface area contributed by atoms with Crippen molar-refractivity contribution >= 4 is 38.9 Å². The Labute approximate surface area is 166 Å². The van der Waals surface area contributed by atoms with Crippen LogP contribution in [0.1, 0.15) is 57.8 Å². The van der Waals surface area contributed by atoms with Gasteiger partial charge in [-0.2, -0.15) is 0 Å². The molecule has 1 aromatic rings. The number of thiocarbonyl (C=S) groups is 1. The van der Waals surface area contributed by atoms with E-state index in [9.17, 15) is 13.2 Å². The third-order valence-electron chi connectivity index (χ3n) is 5.31. The normalized spacial score (nSPS) is 19.0. The maximum absolute atomic E-state index is 12.5. The molecule has 2 saturated carbocycles. The first-order valence-corrected chi connectivity index (χ1v) is 11.6. The zero-order valence-corrected chi connectivity index (χ0v) is 17.0. The summed E-state index contributed by atoms with van der Waals surface area (Å²) in [6, 6.07) is 6.44. The van der Waals surface area contributed by atoms with Gasteiger partial charge < -0.3 is 10.6 Å². The number of benzene rings is 1. The van der Waals surface area contributed by atoms with E-state index in [-0.39, 0.29) is 27.9 Å². The number of sulfonamides is 1. The van der Waals surface area contributed by atoms with Crippen molar-refractivity contribution in [2.45, 2.75) is 68.7 Å². The van der Waals surface area contributed by atoms with Crippen LogP contribution < -0.4 is 15.4 Å². The van der Waals surface area contributed by atoms with E-state index in [1.54, 1.807) is 24.3 Å². The molecule has 148 valence electrons. The van der Waals surface area contributed by atoms with Gasteiger partial charge in [0.2, 0.25) is 15.9 Å². The summed E-state index contributed by atoms with van der Waals surface area (Å²) in [5.74, 6) is 0.00371. The number of hydrogen-bond donors (Lipinski definition) is 3. The molecule has 1 aromatic carbocycles. The monoisotopic (exact) mass is 409 g/mol. The number of hydrogen-bond acceptors (Lipinski definition) is 4.